The van der Waals surface area contributed by atoms with Crippen molar-refractivity contribution in [3.8, 4) is 0 Å². The summed E-state index contributed by atoms with van der Waals surface area (Å²) in [6.07, 6.45) is -2.32. The summed E-state index contributed by atoms with van der Waals surface area (Å²) in [5.74, 6) is -0.315. The normalized spacial score (nSPS) is 39.9. The summed E-state index contributed by atoms with van der Waals surface area (Å²) in [6, 6.07) is 0. The lowest BCUT2D eigenvalue weighted by molar-refractivity contribution is -0.166. The number of hydrogen-bond acceptors (Lipinski definition) is 5. The van der Waals surface area contributed by atoms with E-state index in [0.29, 0.717) is 13.2 Å². The fourth-order valence-corrected chi connectivity index (χ4v) is 1.95. The lowest BCUT2D eigenvalue weighted by Gasteiger charge is -2.38. The number of ether oxygens (including phenoxy) is 1. The average Bonchev–Trinajstić information content (AvgIpc) is 2.28. The minimum absolute atomic E-state index is 0.255. The molecule has 0 aromatic heterocycles. The van der Waals surface area contributed by atoms with Crippen LogP contribution in [0.2, 0.25) is 0 Å². The maximum absolute atomic E-state index is 9.68. The van der Waals surface area contributed by atoms with Gasteiger partial charge in [-0.3, -0.25) is 0 Å². The van der Waals surface area contributed by atoms with Crippen LogP contribution in [0.3, 0.4) is 0 Å². The molecule has 0 amide bonds. The molecular formula is C11H22O5. The van der Waals surface area contributed by atoms with Gasteiger partial charge in [0.1, 0.15) is 12.2 Å². The van der Waals surface area contributed by atoms with Crippen molar-refractivity contribution < 1.29 is 25.2 Å². The maximum Gasteiger partial charge on any atom is 0.109 e. The molecule has 5 nitrogen and oxygen atoms in total. The molecule has 0 heterocycles. The van der Waals surface area contributed by atoms with Crippen LogP contribution in [0.25, 0.3) is 0 Å². The first-order valence-corrected chi connectivity index (χ1v) is 5.88. The molecule has 1 aliphatic rings. The van der Waals surface area contributed by atoms with Gasteiger partial charge in [-0.05, 0) is 12.8 Å². The Morgan fingerprint density at radius 1 is 1.06 bits per heavy atom. The molecule has 0 aliphatic heterocycles. The quantitative estimate of drug-likeness (QED) is 0.471. The highest BCUT2D eigenvalue weighted by atomic mass is 16.5. The van der Waals surface area contributed by atoms with Crippen LogP contribution in [-0.4, -0.2) is 58.1 Å². The smallest absolute Gasteiger partial charge is 0.109 e. The summed E-state index contributed by atoms with van der Waals surface area (Å²) in [6.45, 7) is 2.99. The van der Waals surface area contributed by atoms with Crippen molar-refractivity contribution in [2.75, 3.05) is 13.2 Å². The van der Waals surface area contributed by atoms with Crippen LogP contribution in [0.15, 0.2) is 0 Å². The minimum Gasteiger partial charge on any atom is -0.390 e. The molecule has 16 heavy (non-hydrogen) atoms. The zero-order chi connectivity index (χ0) is 12.1. The molecule has 1 rings (SSSR count). The Labute approximate surface area is 95.7 Å². The lowest BCUT2D eigenvalue weighted by Crippen LogP contribution is -2.54. The van der Waals surface area contributed by atoms with Crippen molar-refractivity contribution in [3.05, 3.63) is 0 Å². The number of unbranched alkanes of at least 4 members (excludes halogenated alkanes) is 1. The molecule has 96 valence electrons. The second kappa shape index (κ2) is 6.51. The first-order valence-electron chi connectivity index (χ1n) is 5.88. The summed E-state index contributed by atoms with van der Waals surface area (Å²) in [4.78, 5) is 0. The molecule has 4 N–H and O–H groups in total. The van der Waals surface area contributed by atoms with E-state index in [2.05, 4.69) is 6.92 Å². The molecule has 1 saturated carbocycles. The Morgan fingerprint density at radius 2 is 1.75 bits per heavy atom. The van der Waals surface area contributed by atoms with E-state index in [4.69, 9.17) is 4.74 Å². The molecule has 1 aliphatic carbocycles. The van der Waals surface area contributed by atoms with Gasteiger partial charge in [-0.1, -0.05) is 13.3 Å². The average molecular weight is 234 g/mol. The van der Waals surface area contributed by atoms with E-state index in [-0.39, 0.29) is 12.3 Å². The van der Waals surface area contributed by atoms with Gasteiger partial charge < -0.3 is 25.2 Å². The molecule has 0 aromatic carbocycles. The SMILES string of the molecule is CCCCOCC1CC(O)C(O)C(O)C1O. The lowest BCUT2D eigenvalue weighted by atomic mass is 9.81. The van der Waals surface area contributed by atoms with Crippen LogP contribution < -0.4 is 0 Å². The number of aliphatic hydroxyl groups is 4. The highest BCUT2D eigenvalue weighted by molar-refractivity contribution is 4.92. The van der Waals surface area contributed by atoms with Crippen molar-refractivity contribution in [2.45, 2.75) is 50.6 Å². The summed E-state index contributed by atoms with van der Waals surface area (Å²) < 4.78 is 5.35. The van der Waals surface area contributed by atoms with Crippen LogP contribution in [-0.2, 0) is 4.74 Å². The third kappa shape index (κ3) is 3.40. The molecule has 0 spiro atoms. The summed E-state index contributed by atoms with van der Waals surface area (Å²) in [7, 11) is 0. The largest absolute Gasteiger partial charge is 0.390 e. The van der Waals surface area contributed by atoms with Crippen LogP contribution >= 0.6 is 0 Å². The molecule has 5 heteroatoms. The van der Waals surface area contributed by atoms with Gasteiger partial charge in [-0.25, -0.2) is 0 Å². The Kier molecular flexibility index (Phi) is 5.64. The summed E-state index contributed by atoms with van der Waals surface area (Å²) in [5, 5.41) is 38.0. The monoisotopic (exact) mass is 234 g/mol. The Balaban J connectivity index is 2.35. The maximum atomic E-state index is 9.68. The van der Waals surface area contributed by atoms with Gasteiger partial charge >= 0.3 is 0 Å². The van der Waals surface area contributed by atoms with Crippen LogP contribution in [0.1, 0.15) is 26.2 Å². The van der Waals surface area contributed by atoms with Gasteiger partial charge in [0.2, 0.25) is 0 Å². The standard InChI is InChI=1S/C11H22O5/c1-2-3-4-16-6-7-5-8(12)10(14)11(15)9(7)13/h7-15H,2-6H2,1H3. The van der Waals surface area contributed by atoms with Crippen LogP contribution in [0.4, 0.5) is 0 Å². The van der Waals surface area contributed by atoms with Crippen LogP contribution in [0, 0.1) is 5.92 Å². The fraction of sp³-hybridized carbons (Fsp3) is 1.00. The molecule has 1 fully saturated rings. The predicted octanol–water partition coefficient (Wildman–Crippen LogP) is -0.733. The highest BCUT2D eigenvalue weighted by Gasteiger charge is 2.41. The topological polar surface area (TPSA) is 90.2 Å². The van der Waals surface area contributed by atoms with E-state index in [1.165, 1.54) is 0 Å². The molecule has 0 saturated heterocycles. The highest BCUT2D eigenvalue weighted by Crippen LogP contribution is 2.26. The van der Waals surface area contributed by atoms with E-state index in [1.807, 2.05) is 0 Å². The van der Waals surface area contributed by atoms with E-state index < -0.39 is 24.4 Å². The molecule has 0 aromatic rings. The third-order valence-electron chi connectivity index (χ3n) is 3.10. The van der Waals surface area contributed by atoms with Crippen molar-refractivity contribution >= 4 is 0 Å². The van der Waals surface area contributed by atoms with Crippen molar-refractivity contribution in [1.82, 2.24) is 0 Å². The Bertz CT molecular complexity index is 199. The summed E-state index contributed by atoms with van der Waals surface area (Å²) in [5.41, 5.74) is 0. The number of hydrogen-bond donors (Lipinski definition) is 4. The Morgan fingerprint density at radius 3 is 2.38 bits per heavy atom. The predicted molar refractivity (Wildman–Crippen MR) is 57.9 cm³/mol. The van der Waals surface area contributed by atoms with Crippen molar-refractivity contribution in [2.24, 2.45) is 5.92 Å². The number of aliphatic hydroxyl groups excluding tert-OH is 4. The number of rotatable bonds is 5. The second-order valence-corrected chi connectivity index (χ2v) is 4.46. The zero-order valence-electron chi connectivity index (χ0n) is 9.62. The minimum atomic E-state index is -1.29. The van der Waals surface area contributed by atoms with Crippen LogP contribution in [0.5, 0.6) is 0 Å². The van der Waals surface area contributed by atoms with E-state index in [0.717, 1.165) is 12.8 Å². The first kappa shape index (κ1) is 13.9. The molecule has 5 atom stereocenters. The summed E-state index contributed by atoms with van der Waals surface area (Å²) >= 11 is 0. The van der Waals surface area contributed by atoms with Gasteiger partial charge in [-0.2, -0.15) is 0 Å². The van der Waals surface area contributed by atoms with Gasteiger partial charge in [0.05, 0.1) is 18.8 Å². The molecular weight excluding hydrogens is 212 g/mol. The van der Waals surface area contributed by atoms with Gasteiger partial charge in [0.15, 0.2) is 0 Å². The first-order chi connectivity index (χ1) is 7.57. The second-order valence-electron chi connectivity index (χ2n) is 4.46. The zero-order valence-corrected chi connectivity index (χ0v) is 9.62. The van der Waals surface area contributed by atoms with E-state index in [1.54, 1.807) is 0 Å². The van der Waals surface area contributed by atoms with Crippen molar-refractivity contribution in [3.63, 3.8) is 0 Å². The fourth-order valence-electron chi connectivity index (χ4n) is 1.95. The third-order valence-corrected chi connectivity index (χ3v) is 3.10. The van der Waals surface area contributed by atoms with Gasteiger partial charge in [0.25, 0.3) is 0 Å². The Hall–Kier alpha value is -0.200. The molecule has 0 radical (unpaired) electrons. The molecule has 5 unspecified atom stereocenters. The van der Waals surface area contributed by atoms with Gasteiger partial charge in [0, 0.05) is 12.5 Å². The van der Waals surface area contributed by atoms with E-state index in [9.17, 15) is 20.4 Å². The van der Waals surface area contributed by atoms with E-state index >= 15 is 0 Å². The molecule has 0 bridgehead atoms. The van der Waals surface area contributed by atoms with Crippen molar-refractivity contribution in [1.29, 1.82) is 0 Å². The van der Waals surface area contributed by atoms with Gasteiger partial charge in [-0.15, -0.1) is 0 Å².